The van der Waals surface area contributed by atoms with Crippen molar-refractivity contribution in [3.05, 3.63) is 46.0 Å². The molecule has 0 amide bonds. The third-order valence-corrected chi connectivity index (χ3v) is 2.10. The smallest absolute Gasteiger partial charge is 0.260 e. The van der Waals surface area contributed by atoms with Gasteiger partial charge in [-0.3, -0.25) is 9.20 Å². The molecule has 2 aromatic rings. The van der Waals surface area contributed by atoms with Crippen molar-refractivity contribution in [2.45, 2.75) is 13.8 Å². The Morgan fingerprint density at radius 2 is 2.08 bits per heavy atom. The molecular formula is C10H10N2O. The molecule has 3 heteroatoms. The SMILES string of the molecule is Cc1cnc2c(C)cccn2c1=O. The van der Waals surface area contributed by atoms with Crippen LogP contribution in [-0.2, 0) is 0 Å². The van der Waals surface area contributed by atoms with Crippen molar-refractivity contribution in [2.24, 2.45) is 0 Å². The maximum absolute atomic E-state index is 11.6. The van der Waals surface area contributed by atoms with Gasteiger partial charge >= 0.3 is 0 Å². The maximum Gasteiger partial charge on any atom is 0.260 e. The molecule has 0 fully saturated rings. The van der Waals surface area contributed by atoms with Crippen molar-refractivity contribution in [3.8, 4) is 0 Å². The second kappa shape index (κ2) is 2.69. The van der Waals surface area contributed by atoms with E-state index in [4.69, 9.17) is 0 Å². The standard InChI is InChI=1S/C10H10N2O/c1-7-4-3-5-12-9(7)11-6-8(2)10(12)13/h3-6H,1-2H3. The summed E-state index contributed by atoms with van der Waals surface area (Å²) in [7, 11) is 0. The summed E-state index contributed by atoms with van der Waals surface area (Å²) in [5.41, 5.74) is 2.43. The van der Waals surface area contributed by atoms with Gasteiger partial charge in [-0.1, -0.05) is 6.07 Å². The molecule has 0 aliphatic heterocycles. The molecule has 66 valence electrons. The molecule has 0 radical (unpaired) electrons. The van der Waals surface area contributed by atoms with Gasteiger partial charge in [-0.05, 0) is 25.5 Å². The Kier molecular flexibility index (Phi) is 1.65. The van der Waals surface area contributed by atoms with Crippen molar-refractivity contribution in [2.75, 3.05) is 0 Å². The Balaban J connectivity index is 3.03. The highest BCUT2D eigenvalue weighted by molar-refractivity contribution is 5.46. The average Bonchev–Trinajstić information content (AvgIpc) is 2.12. The van der Waals surface area contributed by atoms with E-state index in [-0.39, 0.29) is 5.56 Å². The summed E-state index contributed by atoms with van der Waals surface area (Å²) in [4.78, 5) is 15.8. The lowest BCUT2D eigenvalue weighted by Gasteiger charge is -2.02. The van der Waals surface area contributed by atoms with E-state index in [2.05, 4.69) is 4.98 Å². The van der Waals surface area contributed by atoms with E-state index in [1.165, 1.54) is 0 Å². The summed E-state index contributed by atoms with van der Waals surface area (Å²) in [6.07, 6.45) is 3.36. The predicted molar refractivity (Wildman–Crippen MR) is 50.9 cm³/mol. The van der Waals surface area contributed by atoms with Crippen LogP contribution in [0.25, 0.3) is 5.65 Å². The van der Waals surface area contributed by atoms with Crippen LogP contribution >= 0.6 is 0 Å². The first kappa shape index (κ1) is 7.98. The molecule has 0 unspecified atom stereocenters. The number of aryl methyl sites for hydroxylation is 2. The number of hydrogen-bond donors (Lipinski definition) is 0. The fraction of sp³-hybridized carbons (Fsp3) is 0.200. The molecule has 0 N–H and O–H groups in total. The summed E-state index contributed by atoms with van der Waals surface area (Å²) in [5.74, 6) is 0. The molecule has 0 aliphatic carbocycles. The van der Waals surface area contributed by atoms with Crippen LogP contribution in [0.4, 0.5) is 0 Å². The third kappa shape index (κ3) is 1.13. The topological polar surface area (TPSA) is 34.4 Å². The minimum absolute atomic E-state index is 0.00806. The minimum Gasteiger partial charge on any atom is -0.269 e. The Morgan fingerprint density at radius 1 is 1.31 bits per heavy atom. The van der Waals surface area contributed by atoms with Gasteiger partial charge in [0.15, 0.2) is 0 Å². The number of pyridine rings is 1. The first-order valence-corrected chi connectivity index (χ1v) is 4.14. The van der Waals surface area contributed by atoms with Crippen LogP contribution in [0.1, 0.15) is 11.1 Å². The van der Waals surface area contributed by atoms with Crippen molar-refractivity contribution >= 4 is 5.65 Å². The van der Waals surface area contributed by atoms with Crippen molar-refractivity contribution in [1.29, 1.82) is 0 Å². The van der Waals surface area contributed by atoms with Crippen LogP contribution in [0.2, 0.25) is 0 Å². The molecular weight excluding hydrogens is 164 g/mol. The zero-order valence-electron chi connectivity index (χ0n) is 7.61. The van der Waals surface area contributed by atoms with E-state index in [9.17, 15) is 4.79 Å². The summed E-state index contributed by atoms with van der Waals surface area (Å²) in [6, 6.07) is 3.79. The molecule has 0 bridgehead atoms. The van der Waals surface area contributed by atoms with Crippen molar-refractivity contribution in [1.82, 2.24) is 9.38 Å². The lowest BCUT2D eigenvalue weighted by molar-refractivity contribution is 1.00. The summed E-state index contributed by atoms with van der Waals surface area (Å²) >= 11 is 0. The van der Waals surface area contributed by atoms with E-state index in [1.54, 1.807) is 23.7 Å². The number of aromatic nitrogens is 2. The van der Waals surface area contributed by atoms with Gasteiger partial charge < -0.3 is 0 Å². The van der Waals surface area contributed by atoms with Gasteiger partial charge in [-0.25, -0.2) is 4.98 Å². The predicted octanol–water partition coefficient (Wildman–Crippen LogP) is 1.31. The molecule has 0 atom stereocenters. The largest absolute Gasteiger partial charge is 0.269 e. The van der Waals surface area contributed by atoms with E-state index < -0.39 is 0 Å². The quantitative estimate of drug-likeness (QED) is 0.603. The maximum atomic E-state index is 11.6. The van der Waals surface area contributed by atoms with Gasteiger partial charge in [0.25, 0.3) is 5.56 Å². The van der Waals surface area contributed by atoms with Gasteiger partial charge in [0, 0.05) is 18.0 Å². The molecule has 0 aromatic carbocycles. The molecule has 2 heterocycles. The minimum atomic E-state index is 0.00806. The van der Waals surface area contributed by atoms with E-state index in [0.29, 0.717) is 5.56 Å². The van der Waals surface area contributed by atoms with Crippen LogP contribution in [0.5, 0.6) is 0 Å². The molecule has 3 nitrogen and oxygen atoms in total. The summed E-state index contributed by atoms with van der Waals surface area (Å²) in [6.45, 7) is 3.71. The lowest BCUT2D eigenvalue weighted by atomic mass is 10.3. The van der Waals surface area contributed by atoms with Crippen LogP contribution in [-0.4, -0.2) is 9.38 Å². The highest BCUT2D eigenvalue weighted by atomic mass is 16.1. The Morgan fingerprint density at radius 3 is 2.85 bits per heavy atom. The van der Waals surface area contributed by atoms with Gasteiger partial charge in [-0.15, -0.1) is 0 Å². The molecule has 0 saturated carbocycles. The first-order valence-electron chi connectivity index (χ1n) is 4.14. The summed E-state index contributed by atoms with van der Waals surface area (Å²) in [5, 5.41) is 0. The number of fused-ring (bicyclic) bond motifs is 1. The molecule has 2 aromatic heterocycles. The number of nitrogens with zero attached hydrogens (tertiary/aromatic N) is 2. The lowest BCUT2D eigenvalue weighted by Crippen LogP contribution is -2.17. The molecule has 2 rings (SSSR count). The van der Waals surface area contributed by atoms with Crippen LogP contribution < -0.4 is 5.56 Å². The highest BCUT2D eigenvalue weighted by Gasteiger charge is 2.01. The van der Waals surface area contributed by atoms with E-state index >= 15 is 0 Å². The van der Waals surface area contributed by atoms with Crippen molar-refractivity contribution in [3.63, 3.8) is 0 Å². The van der Waals surface area contributed by atoms with Gasteiger partial charge in [0.1, 0.15) is 5.65 Å². The van der Waals surface area contributed by atoms with Crippen molar-refractivity contribution < 1.29 is 0 Å². The second-order valence-electron chi connectivity index (χ2n) is 3.13. The molecule has 0 aliphatic rings. The van der Waals surface area contributed by atoms with Gasteiger partial charge in [0.05, 0.1) is 0 Å². The normalized spacial score (nSPS) is 10.6. The Labute approximate surface area is 75.7 Å². The third-order valence-electron chi connectivity index (χ3n) is 2.10. The highest BCUT2D eigenvalue weighted by Crippen LogP contribution is 2.03. The zero-order valence-corrected chi connectivity index (χ0v) is 7.61. The summed E-state index contributed by atoms with van der Waals surface area (Å²) < 4.78 is 1.57. The average molecular weight is 174 g/mol. The molecule has 13 heavy (non-hydrogen) atoms. The second-order valence-corrected chi connectivity index (χ2v) is 3.13. The molecule has 0 spiro atoms. The van der Waals surface area contributed by atoms with E-state index in [1.807, 2.05) is 19.1 Å². The van der Waals surface area contributed by atoms with Crippen LogP contribution in [0.3, 0.4) is 0 Å². The number of hydrogen-bond acceptors (Lipinski definition) is 2. The fourth-order valence-corrected chi connectivity index (χ4v) is 1.34. The Hall–Kier alpha value is -1.64. The Bertz CT molecular complexity index is 514. The molecule has 0 saturated heterocycles. The first-order chi connectivity index (χ1) is 6.20. The zero-order chi connectivity index (χ0) is 9.42. The number of rotatable bonds is 0. The monoisotopic (exact) mass is 174 g/mol. The van der Waals surface area contributed by atoms with Crippen LogP contribution in [0.15, 0.2) is 29.3 Å². The van der Waals surface area contributed by atoms with Gasteiger partial charge in [-0.2, -0.15) is 0 Å². The fourth-order valence-electron chi connectivity index (χ4n) is 1.34. The van der Waals surface area contributed by atoms with Gasteiger partial charge in [0.2, 0.25) is 0 Å². The van der Waals surface area contributed by atoms with E-state index in [0.717, 1.165) is 11.2 Å². The van der Waals surface area contributed by atoms with Crippen LogP contribution in [0, 0.1) is 13.8 Å².